The molecule has 0 aromatic rings. The minimum absolute atomic E-state index is 0.220. The molecule has 3 atom stereocenters. The van der Waals surface area contributed by atoms with Gasteiger partial charge in [-0.15, -0.1) is 0 Å². The van der Waals surface area contributed by atoms with Crippen LogP contribution in [-0.2, 0) is 19.6 Å². The Labute approximate surface area is 121 Å². The van der Waals surface area contributed by atoms with E-state index in [1.807, 2.05) is 20.8 Å². The van der Waals surface area contributed by atoms with Crippen molar-refractivity contribution in [2.24, 2.45) is 11.8 Å². The van der Waals surface area contributed by atoms with E-state index in [4.69, 9.17) is 9.84 Å². The van der Waals surface area contributed by atoms with Gasteiger partial charge in [-0.25, -0.2) is 13.1 Å². The summed E-state index contributed by atoms with van der Waals surface area (Å²) in [6.45, 7) is 7.49. The minimum Gasteiger partial charge on any atom is -0.480 e. The van der Waals surface area contributed by atoms with Crippen molar-refractivity contribution in [3.63, 3.8) is 0 Å². The van der Waals surface area contributed by atoms with E-state index in [9.17, 15) is 13.2 Å². The van der Waals surface area contributed by atoms with E-state index in [1.165, 1.54) is 7.11 Å². The molecule has 0 spiro atoms. The van der Waals surface area contributed by atoms with Crippen molar-refractivity contribution in [3.05, 3.63) is 0 Å². The molecule has 0 bridgehead atoms. The van der Waals surface area contributed by atoms with E-state index in [0.29, 0.717) is 18.8 Å². The third-order valence-electron chi connectivity index (χ3n) is 3.26. The molecule has 0 aromatic heterocycles. The molecular weight excluding hydrogens is 282 g/mol. The van der Waals surface area contributed by atoms with E-state index >= 15 is 0 Å². The molecule has 0 aliphatic rings. The molecule has 0 amide bonds. The predicted molar refractivity (Wildman–Crippen MR) is 78.1 cm³/mol. The third-order valence-corrected chi connectivity index (χ3v) is 4.68. The lowest BCUT2D eigenvalue weighted by atomic mass is 10.0. The predicted octanol–water partition coefficient (Wildman–Crippen LogP) is 1.47. The van der Waals surface area contributed by atoms with Crippen LogP contribution in [-0.4, -0.2) is 44.5 Å². The van der Waals surface area contributed by atoms with Crippen molar-refractivity contribution >= 4 is 16.0 Å². The van der Waals surface area contributed by atoms with Gasteiger partial charge in [-0.05, 0) is 18.3 Å². The Bertz CT molecular complexity index is 394. The lowest BCUT2D eigenvalue weighted by Crippen LogP contribution is -2.47. The van der Waals surface area contributed by atoms with Crippen molar-refractivity contribution in [2.75, 3.05) is 12.9 Å². The van der Waals surface area contributed by atoms with Crippen LogP contribution in [0.1, 0.15) is 40.5 Å². The van der Waals surface area contributed by atoms with Crippen LogP contribution in [0.2, 0.25) is 0 Å². The van der Waals surface area contributed by atoms with Gasteiger partial charge in [0.15, 0.2) is 0 Å². The maximum atomic E-state index is 12.1. The summed E-state index contributed by atoms with van der Waals surface area (Å²) >= 11 is 0. The van der Waals surface area contributed by atoms with E-state index in [-0.39, 0.29) is 11.7 Å². The van der Waals surface area contributed by atoms with Crippen LogP contribution in [0.5, 0.6) is 0 Å². The Hall–Kier alpha value is -0.660. The van der Waals surface area contributed by atoms with Crippen LogP contribution in [0.15, 0.2) is 0 Å². The Morgan fingerprint density at radius 3 is 2.20 bits per heavy atom. The topological polar surface area (TPSA) is 92.7 Å². The second-order valence-electron chi connectivity index (χ2n) is 5.59. The molecule has 0 aliphatic heterocycles. The fourth-order valence-electron chi connectivity index (χ4n) is 1.89. The highest BCUT2D eigenvalue weighted by Gasteiger charge is 2.30. The number of ether oxygens (including phenoxy) is 1. The Morgan fingerprint density at radius 1 is 1.30 bits per heavy atom. The van der Waals surface area contributed by atoms with E-state index in [1.54, 1.807) is 6.92 Å². The van der Waals surface area contributed by atoms with E-state index < -0.39 is 28.1 Å². The summed E-state index contributed by atoms with van der Waals surface area (Å²) in [6, 6.07) is -1.10. The Morgan fingerprint density at radius 2 is 1.85 bits per heavy atom. The van der Waals surface area contributed by atoms with Gasteiger partial charge in [-0.2, -0.15) is 0 Å². The lowest BCUT2D eigenvalue weighted by molar-refractivity contribution is -0.140. The zero-order valence-electron chi connectivity index (χ0n) is 12.9. The van der Waals surface area contributed by atoms with E-state index in [0.717, 1.165) is 0 Å². The molecular formula is C13H27NO5S. The average molecular weight is 309 g/mol. The number of nitrogens with one attached hydrogen (secondary N) is 1. The number of methoxy groups -OCH3 is 1. The molecule has 0 aromatic carbocycles. The molecule has 7 heteroatoms. The van der Waals surface area contributed by atoms with Gasteiger partial charge in [0.1, 0.15) is 6.04 Å². The van der Waals surface area contributed by atoms with Gasteiger partial charge < -0.3 is 9.84 Å². The average Bonchev–Trinajstić information content (AvgIpc) is 2.33. The Kier molecular flexibility index (Phi) is 8.30. The highest BCUT2D eigenvalue weighted by atomic mass is 32.2. The molecule has 0 rings (SSSR count). The fourth-order valence-corrected chi connectivity index (χ4v) is 3.47. The molecule has 0 fully saturated rings. The molecule has 1 unspecified atom stereocenters. The summed E-state index contributed by atoms with van der Waals surface area (Å²) in [7, 11) is -2.23. The second kappa shape index (κ2) is 8.59. The molecule has 0 heterocycles. The summed E-state index contributed by atoms with van der Waals surface area (Å²) in [5.74, 6) is -1.34. The quantitative estimate of drug-likeness (QED) is 0.637. The van der Waals surface area contributed by atoms with Gasteiger partial charge in [0, 0.05) is 7.11 Å². The van der Waals surface area contributed by atoms with Gasteiger partial charge in [0.25, 0.3) is 0 Å². The molecule has 0 saturated carbocycles. The zero-order valence-corrected chi connectivity index (χ0v) is 13.7. The number of carboxylic acid groups (broad SMARTS) is 1. The van der Waals surface area contributed by atoms with Gasteiger partial charge in [0.05, 0.1) is 11.9 Å². The summed E-state index contributed by atoms with van der Waals surface area (Å²) in [5.41, 5.74) is 0. The first-order valence-corrected chi connectivity index (χ1v) is 8.53. The summed E-state index contributed by atoms with van der Waals surface area (Å²) in [6.07, 6.45) is 0.761. The minimum atomic E-state index is -3.69. The Balaban J connectivity index is 4.82. The summed E-state index contributed by atoms with van der Waals surface area (Å²) in [5, 5.41) is 9.12. The number of carbonyl (C=O) groups is 1. The molecule has 0 saturated heterocycles. The first-order valence-electron chi connectivity index (χ1n) is 6.88. The summed E-state index contributed by atoms with van der Waals surface area (Å²) in [4.78, 5) is 11.2. The van der Waals surface area contributed by atoms with Crippen LogP contribution >= 0.6 is 0 Å². The summed E-state index contributed by atoms with van der Waals surface area (Å²) < 4.78 is 31.6. The standard InChI is InChI=1S/C13H27NO5S/c1-6-10(4)12(13(15)16)14-20(17,18)8-11(19-5)7-9(2)3/h9-12,14H,6-8H2,1-5H3,(H,15,16)/t10-,11?,12-/m0/s1. The van der Waals surface area contributed by atoms with Crippen LogP contribution in [0.3, 0.4) is 0 Å². The molecule has 0 aliphatic carbocycles. The smallest absolute Gasteiger partial charge is 0.322 e. The van der Waals surface area contributed by atoms with Crippen molar-refractivity contribution < 1.29 is 23.1 Å². The van der Waals surface area contributed by atoms with Gasteiger partial charge in [-0.3, -0.25) is 4.79 Å². The number of aliphatic carboxylic acids is 1. The molecule has 20 heavy (non-hydrogen) atoms. The zero-order chi connectivity index (χ0) is 15.9. The number of hydrogen-bond donors (Lipinski definition) is 2. The highest BCUT2D eigenvalue weighted by Crippen LogP contribution is 2.13. The van der Waals surface area contributed by atoms with Crippen molar-refractivity contribution in [1.29, 1.82) is 0 Å². The third kappa shape index (κ3) is 7.21. The number of hydrogen-bond acceptors (Lipinski definition) is 4. The number of sulfonamides is 1. The monoisotopic (exact) mass is 309 g/mol. The first-order chi connectivity index (χ1) is 9.12. The van der Waals surface area contributed by atoms with Crippen LogP contribution < -0.4 is 4.72 Å². The molecule has 6 nitrogen and oxygen atoms in total. The van der Waals surface area contributed by atoms with E-state index in [2.05, 4.69) is 4.72 Å². The van der Waals surface area contributed by atoms with Crippen molar-refractivity contribution in [2.45, 2.75) is 52.7 Å². The SMILES string of the molecule is CC[C@H](C)[C@H](NS(=O)(=O)CC(CC(C)C)OC)C(=O)O. The van der Waals surface area contributed by atoms with Gasteiger partial charge in [-0.1, -0.05) is 34.1 Å². The molecule has 120 valence electrons. The van der Waals surface area contributed by atoms with Crippen LogP contribution in [0, 0.1) is 11.8 Å². The van der Waals surface area contributed by atoms with Gasteiger partial charge >= 0.3 is 5.97 Å². The van der Waals surface area contributed by atoms with Crippen molar-refractivity contribution in [1.82, 2.24) is 4.72 Å². The molecule has 0 radical (unpaired) electrons. The number of rotatable bonds is 10. The maximum absolute atomic E-state index is 12.1. The van der Waals surface area contributed by atoms with Crippen molar-refractivity contribution in [3.8, 4) is 0 Å². The second-order valence-corrected chi connectivity index (χ2v) is 7.39. The lowest BCUT2D eigenvalue weighted by Gasteiger charge is -2.22. The van der Waals surface area contributed by atoms with Crippen LogP contribution in [0.4, 0.5) is 0 Å². The fraction of sp³-hybridized carbons (Fsp3) is 0.923. The molecule has 2 N–H and O–H groups in total. The number of carboxylic acids is 1. The maximum Gasteiger partial charge on any atom is 0.322 e. The highest BCUT2D eigenvalue weighted by molar-refractivity contribution is 7.89. The first kappa shape index (κ1) is 19.3. The van der Waals surface area contributed by atoms with Crippen LogP contribution in [0.25, 0.3) is 0 Å². The normalized spacial score (nSPS) is 16.9. The van der Waals surface area contributed by atoms with Gasteiger partial charge in [0.2, 0.25) is 10.0 Å². The largest absolute Gasteiger partial charge is 0.480 e.